The van der Waals surface area contributed by atoms with Crippen molar-refractivity contribution in [1.82, 2.24) is 10.2 Å². The van der Waals surface area contributed by atoms with Crippen LogP contribution in [-0.2, 0) is 11.2 Å². The first kappa shape index (κ1) is 14.3. The van der Waals surface area contributed by atoms with Crippen molar-refractivity contribution in [3.63, 3.8) is 0 Å². The van der Waals surface area contributed by atoms with Crippen LogP contribution >= 0.6 is 15.9 Å². The molecule has 1 heterocycles. The number of nitrogens with zero attached hydrogens (tertiary/aromatic N) is 1. The lowest BCUT2D eigenvalue weighted by atomic mass is 10.1. The van der Waals surface area contributed by atoms with Crippen molar-refractivity contribution in [2.24, 2.45) is 0 Å². The molecule has 5 heteroatoms. The van der Waals surface area contributed by atoms with E-state index in [1.807, 2.05) is 23.1 Å². The third-order valence-corrected chi connectivity index (χ3v) is 3.93. The van der Waals surface area contributed by atoms with Gasteiger partial charge in [-0.05, 0) is 40.0 Å². The molecule has 1 aliphatic rings. The molecule has 1 aromatic rings. The van der Waals surface area contributed by atoms with Crippen molar-refractivity contribution < 1.29 is 9.53 Å². The summed E-state index contributed by atoms with van der Waals surface area (Å²) in [6.07, 6.45) is 1.34. The first-order valence-corrected chi connectivity index (χ1v) is 7.31. The minimum absolute atomic E-state index is 0.244. The molecule has 0 atom stereocenters. The van der Waals surface area contributed by atoms with E-state index in [0.29, 0.717) is 6.42 Å². The van der Waals surface area contributed by atoms with Gasteiger partial charge >= 0.3 is 0 Å². The molecule has 1 fully saturated rings. The number of halogens is 1. The fourth-order valence-electron chi connectivity index (χ4n) is 2.19. The Bertz CT molecular complexity index is 445. The summed E-state index contributed by atoms with van der Waals surface area (Å²) in [5.41, 5.74) is 1.15. The molecule has 104 valence electrons. The average Bonchev–Trinajstić information content (AvgIpc) is 2.46. The number of carbonyl (C=O) groups is 1. The Morgan fingerprint density at radius 2 is 2.16 bits per heavy atom. The van der Waals surface area contributed by atoms with Crippen LogP contribution in [0.2, 0.25) is 0 Å². The molecular formula is C14H19BrN2O2. The van der Waals surface area contributed by atoms with Gasteiger partial charge in [-0.1, -0.05) is 6.07 Å². The molecule has 19 heavy (non-hydrogen) atoms. The van der Waals surface area contributed by atoms with Gasteiger partial charge in [0, 0.05) is 32.6 Å². The van der Waals surface area contributed by atoms with Crippen LogP contribution in [0.25, 0.3) is 0 Å². The number of carbonyl (C=O) groups excluding carboxylic acids is 1. The smallest absolute Gasteiger partial charge is 0.222 e. The highest BCUT2D eigenvalue weighted by atomic mass is 79.9. The summed E-state index contributed by atoms with van der Waals surface area (Å²) in [7, 11) is 1.65. The SMILES string of the molecule is COc1ccc(CCC(=O)N2CCNCC2)cc1Br. The number of nitrogens with one attached hydrogen (secondary N) is 1. The molecule has 0 aliphatic carbocycles. The maximum absolute atomic E-state index is 12.0. The number of amides is 1. The summed E-state index contributed by atoms with van der Waals surface area (Å²) >= 11 is 3.46. The summed E-state index contributed by atoms with van der Waals surface area (Å²) in [6, 6.07) is 5.95. The zero-order valence-electron chi connectivity index (χ0n) is 11.1. The van der Waals surface area contributed by atoms with E-state index in [1.54, 1.807) is 7.11 Å². The topological polar surface area (TPSA) is 41.6 Å². The van der Waals surface area contributed by atoms with Crippen LogP contribution in [0.3, 0.4) is 0 Å². The van der Waals surface area contributed by atoms with Gasteiger partial charge in [-0.2, -0.15) is 0 Å². The lowest BCUT2D eigenvalue weighted by Gasteiger charge is -2.27. The second-order valence-electron chi connectivity index (χ2n) is 4.60. The van der Waals surface area contributed by atoms with Gasteiger partial charge in [-0.15, -0.1) is 0 Å². The number of hydrogen-bond donors (Lipinski definition) is 1. The van der Waals surface area contributed by atoms with Gasteiger partial charge in [-0.3, -0.25) is 4.79 Å². The standard InChI is InChI=1S/C14H19BrN2O2/c1-19-13-4-2-11(10-12(13)15)3-5-14(18)17-8-6-16-7-9-17/h2,4,10,16H,3,5-9H2,1H3. The molecule has 1 saturated heterocycles. The number of ether oxygens (including phenoxy) is 1. The maximum atomic E-state index is 12.0. The lowest BCUT2D eigenvalue weighted by Crippen LogP contribution is -2.46. The molecular weight excluding hydrogens is 308 g/mol. The first-order chi connectivity index (χ1) is 9.20. The van der Waals surface area contributed by atoms with Gasteiger partial charge in [0.05, 0.1) is 11.6 Å². The van der Waals surface area contributed by atoms with Gasteiger partial charge in [-0.25, -0.2) is 0 Å². The summed E-state index contributed by atoms with van der Waals surface area (Å²) < 4.78 is 6.12. The Balaban J connectivity index is 1.87. The minimum Gasteiger partial charge on any atom is -0.496 e. The largest absolute Gasteiger partial charge is 0.496 e. The Morgan fingerprint density at radius 3 is 2.79 bits per heavy atom. The van der Waals surface area contributed by atoms with Crippen LogP contribution in [0.1, 0.15) is 12.0 Å². The number of aryl methyl sites for hydroxylation is 1. The van der Waals surface area contributed by atoms with Crippen LogP contribution in [-0.4, -0.2) is 44.1 Å². The molecule has 1 aliphatic heterocycles. The first-order valence-electron chi connectivity index (χ1n) is 6.51. The lowest BCUT2D eigenvalue weighted by molar-refractivity contribution is -0.131. The van der Waals surface area contributed by atoms with Crippen LogP contribution in [0, 0.1) is 0 Å². The van der Waals surface area contributed by atoms with Crippen LogP contribution in [0.5, 0.6) is 5.75 Å². The van der Waals surface area contributed by atoms with Gasteiger partial charge in [0.25, 0.3) is 0 Å². The molecule has 0 radical (unpaired) electrons. The maximum Gasteiger partial charge on any atom is 0.222 e. The molecule has 0 unspecified atom stereocenters. The molecule has 4 nitrogen and oxygen atoms in total. The van der Waals surface area contributed by atoms with Gasteiger partial charge in [0.1, 0.15) is 5.75 Å². The molecule has 0 spiro atoms. The van der Waals surface area contributed by atoms with E-state index in [4.69, 9.17) is 4.74 Å². The Kier molecular flexibility index (Phi) is 5.22. The second-order valence-corrected chi connectivity index (χ2v) is 5.45. The van der Waals surface area contributed by atoms with E-state index in [-0.39, 0.29) is 5.91 Å². The van der Waals surface area contributed by atoms with Crippen molar-refractivity contribution in [3.05, 3.63) is 28.2 Å². The quantitative estimate of drug-likeness (QED) is 0.917. The van der Waals surface area contributed by atoms with Crippen molar-refractivity contribution in [2.75, 3.05) is 33.3 Å². The van der Waals surface area contributed by atoms with E-state index >= 15 is 0 Å². The highest BCUT2D eigenvalue weighted by molar-refractivity contribution is 9.10. The number of methoxy groups -OCH3 is 1. The highest BCUT2D eigenvalue weighted by Gasteiger charge is 2.15. The fourth-order valence-corrected chi connectivity index (χ4v) is 2.78. The second kappa shape index (κ2) is 6.91. The Morgan fingerprint density at radius 1 is 1.42 bits per heavy atom. The third-order valence-electron chi connectivity index (χ3n) is 3.31. The summed E-state index contributed by atoms with van der Waals surface area (Å²) in [6.45, 7) is 3.45. The fraction of sp³-hybridized carbons (Fsp3) is 0.500. The highest BCUT2D eigenvalue weighted by Crippen LogP contribution is 2.26. The normalized spacial score (nSPS) is 15.4. The number of hydrogen-bond acceptors (Lipinski definition) is 3. The van der Waals surface area contributed by atoms with E-state index in [9.17, 15) is 4.79 Å². The summed E-state index contributed by atoms with van der Waals surface area (Å²) in [5.74, 6) is 1.06. The zero-order chi connectivity index (χ0) is 13.7. The van der Waals surface area contributed by atoms with Crippen LogP contribution in [0.15, 0.2) is 22.7 Å². The van der Waals surface area contributed by atoms with Gasteiger partial charge in [0.2, 0.25) is 5.91 Å². The molecule has 0 aromatic heterocycles. The zero-order valence-corrected chi connectivity index (χ0v) is 12.7. The summed E-state index contributed by atoms with van der Waals surface area (Å²) in [4.78, 5) is 14.0. The van der Waals surface area contributed by atoms with Crippen molar-refractivity contribution in [1.29, 1.82) is 0 Å². The minimum atomic E-state index is 0.244. The van der Waals surface area contributed by atoms with Crippen molar-refractivity contribution in [3.8, 4) is 5.75 Å². The van der Waals surface area contributed by atoms with Gasteiger partial charge in [0.15, 0.2) is 0 Å². The molecule has 1 aromatic carbocycles. The Hall–Kier alpha value is -1.07. The van der Waals surface area contributed by atoms with Gasteiger partial charge < -0.3 is 15.0 Å². The molecule has 1 N–H and O–H groups in total. The number of benzene rings is 1. The van der Waals surface area contributed by atoms with E-state index in [2.05, 4.69) is 21.2 Å². The predicted octanol–water partition coefficient (Wildman–Crippen LogP) is 1.82. The predicted molar refractivity (Wildman–Crippen MR) is 78.5 cm³/mol. The van der Waals surface area contributed by atoms with E-state index in [0.717, 1.165) is 48.4 Å². The van der Waals surface area contributed by atoms with Crippen LogP contribution in [0.4, 0.5) is 0 Å². The number of rotatable bonds is 4. The van der Waals surface area contributed by atoms with Crippen molar-refractivity contribution in [2.45, 2.75) is 12.8 Å². The van der Waals surface area contributed by atoms with E-state index in [1.165, 1.54) is 0 Å². The average molecular weight is 327 g/mol. The third kappa shape index (κ3) is 3.94. The molecule has 0 saturated carbocycles. The summed E-state index contributed by atoms with van der Waals surface area (Å²) in [5, 5.41) is 3.25. The molecule has 1 amide bonds. The number of piperazine rings is 1. The van der Waals surface area contributed by atoms with E-state index < -0.39 is 0 Å². The monoisotopic (exact) mass is 326 g/mol. The molecule has 2 rings (SSSR count). The van der Waals surface area contributed by atoms with Crippen molar-refractivity contribution >= 4 is 21.8 Å². The Labute approximate surface area is 122 Å². The van der Waals surface area contributed by atoms with Crippen LogP contribution < -0.4 is 10.1 Å². The molecule has 0 bridgehead atoms.